The summed E-state index contributed by atoms with van der Waals surface area (Å²) in [5.41, 5.74) is 0.557. The Morgan fingerprint density at radius 1 is 1.28 bits per heavy atom. The first-order valence-corrected chi connectivity index (χ1v) is 8.95. The minimum atomic E-state index is -1.06. The molecule has 2 rings (SSSR count). The summed E-state index contributed by atoms with van der Waals surface area (Å²) in [6, 6.07) is 4.26. The molecule has 0 saturated heterocycles. The molecule has 1 saturated carbocycles. The molecular weight excluding hydrogens is 365 g/mol. The Balaban J connectivity index is 1.90. The molecule has 1 aromatic carbocycles. The van der Waals surface area contributed by atoms with Gasteiger partial charge in [-0.05, 0) is 56.9 Å². The second-order valence-corrected chi connectivity index (χ2v) is 8.17. The highest BCUT2D eigenvalue weighted by atomic mass is 35.5. The second kappa shape index (κ2) is 7.94. The van der Waals surface area contributed by atoms with Crippen molar-refractivity contribution >= 4 is 35.1 Å². The monoisotopic (exact) mass is 387 g/mol. The quantitative estimate of drug-likeness (QED) is 0.744. The van der Waals surface area contributed by atoms with E-state index in [1.54, 1.807) is 18.2 Å². The van der Waals surface area contributed by atoms with Crippen LogP contribution in [0.15, 0.2) is 18.2 Å². The molecule has 0 radical (unpaired) electrons. The Labute approximate surface area is 157 Å². The third-order valence-corrected chi connectivity index (χ3v) is 4.43. The highest BCUT2D eigenvalue weighted by Crippen LogP contribution is 2.48. The van der Waals surface area contributed by atoms with Crippen LogP contribution in [0.4, 0.5) is 0 Å². The van der Waals surface area contributed by atoms with Crippen molar-refractivity contribution in [2.24, 2.45) is 5.92 Å². The third kappa shape index (κ3) is 6.17. The lowest BCUT2D eigenvalue weighted by Gasteiger charge is -2.21. The van der Waals surface area contributed by atoms with Gasteiger partial charge >= 0.3 is 5.97 Å². The summed E-state index contributed by atoms with van der Waals surface area (Å²) in [4.78, 5) is 23.7. The Hall–Kier alpha value is -1.30. The number of hydrogen-bond acceptors (Lipinski definition) is 3. The van der Waals surface area contributed by atoms with Crippen molar-refractivity contribution in [1.29, 1.82) is 0 Å². The molecule has 0 bridgehead atoms. The van der Waals surface area contributed by atoms with E-state index in [9.17, 15) is 14.7 Å². The van der Waals surface area contributed by atoms with Crippen LogP contribution in [-0.2, 0) is 14.3 Å². The van der Waals surface area contributed by atoms with Crippen LogP contribution in [0.5, 0.6) is 0 Å². The molecule has 3 atom stereocenters. The fraction of sp³-hybridized carbons (Fsp3) is 0.556. The molecule has 25 heavy (non-hydrogen) atoms. The third-order valence-electron chi connectivity index (χ3n) is 4.00. The number of halogens is 2. The van der Waals surface area contributed by atoms with Crippen LogP contribution < -0.4 is 5.32 Å². The topological polar surface area (TPSA) is 75.6 Å². The summed E-state index contributed by atoms with van der Waals surface area (Å²) < 4.78 is 5.54. The van der Waals surface area contributed by atoms with Crippen LogP contribution in [0.25, 0.3) is 0 Å². The summed E-state index contributed by atoms with van der Waals surface area (Å²) in [7, 11) is 0. The van der Waals surface area contributed by atoms with Gasteiger partial charge in [-0.2, -0.15) is 0 Å². The first kappa shape index (κ1) is 20.0. The number of carbonyl (C=O) groups excluding carboxylic acids is 1. The molecule has 1 amide bonds. The number of amides is 1. The molecule has 1 aliphatic carbocycles. The van der Waals surface area contributed by atoms with Crippen molar-refractivity contribution in [3.63, 3.8) is 0 Å². The van der Waals surface area contributed by atoms with Crippen molar-refractivity contribution in [3.8, 4) is 0 Å². The molecule has 5 nitrogen and oxygen atoms in total. The van der Waals surface area contributed by atoms with Gasteiger partial charge in [-0.3, -0.25) is 4.79 Å². The van der Waals surface area contributed by atoms with E-state index in [-0.39, 0.29) is 36.4 Å². The number of carboxylic acids is 1. The zero-order chi connectivity index (χ0) is 18.8. The van der Waals surface area contributed by atoms with Gasteiger partial charge in [-0.25, -0.2) is 4.79 Å². The fourth-order valence-electron chi connectivity index (χ4n) is 2.66. The lowest BCUT2D eigenvalue weighted by atomic mass is 10.1. The number of carboxylic acid groups (broad SMARTS) is 1. The number of ether oxygens (including phenoxy) is 1. The van der Waals surface area contributed by atoms with Gasteiger partial charge in [0.05, 0.1) is 5.60 Å². The van der Waals surface area contributed by atoms with Crippen molar-refractivity contribution < 1.29 is 19.4 Å². The number of hydrogen-bond donors (Lipinski definition) is 2. The first-order chi connectivity index (χ1) is 11.6. The zero-order valence-electron chi connectivity index (χ0n) is 14.5. The highest BCUT2D eigenvalue weighted by Gasteiger charge is 2.45. The average molecular weight is 388 g/mol. The molecule has 0 spiro atoms. The number of aliphatic carboxylic acids is 1. The van der Waals surface area contributed by atoms with Gasteiger partial charge in [-0.1, -0.05) is 23.2 Å². The van der Waals surface area contributed by atoms with Crippen molar-refractivity contribution in [2.75, 3.05) is 6.61 Å². The summed E-state index contributed by atoms with van der Waals surface area (Å²) in [5, 5.41) is 13.0. The molecule has 1 aromatic rings. The molecular formula is C18H23Cl2NO4. The van der Waals surface area contributed by atoms with E-state index in [4.69, 9.17) is 27.9 Å². The molecule has 0 aliphatic heterocycles. The minimum absolute atomic E-state index is 0.0245. The molecule has 1 fully saturated rings. The van der Waals surface area contributed by atoms with Gasteiger partial charge < -0.3 is 15.2 Å². The largest absolute Gasteiger partial charge is 0.480 e. The Morgan fingerprint density at radius 2 is 1.88 bits per heavy atom. The van der Waals surface area contributed by atoms with Gasteiger partial charge in [0.15, 0.2) is 0 Å². The molecule has 0 heterocycles. The Bertz CT molecular complexity index is 637. The number of nitrogens with one attached hydrogen (secondary N) is 1. The first-order valence-electron chi connectivity index (χ1n) is 8.20. The minimum Gasteiger partial charge on any atom is -0.480 e. The van der Waals surface area contributed by atoms with Gasteiger partial charge in [0.2, 0.25) is 5.91 Å². The standard InChI is InChI=1S/C18H23Cl2NO4/c1-18(2,3)25-5-4-15(17(23)24)21-16(22)14-9-13(14)10-6-11(19)8-12(20)7-10/h6-8,13-15H,4-5,9H2,1-3H3,(H,21,22)(H,23,24). The van der Waals surface area contributed by atoms with E-state index >= 15 is 0 Å². The van der Waals surface area contributed by atoms with Crippen LogP contribution in [0.3, 0.4) is 0 Å². The van der Waals surface area contributed by atoms with E-state index in [1.807, 2.05) is 20.8 Å². The Kier molecular flexibility index (Phi) is 6.35. The fourth-order valence-corrected chi connectivity index (χ4v) is 3.20. The molecule has 3 unspecified atom stereocenters. The van der Waals surface area contributed by atoms with Crippen LogP contribution in [0, 0.1) is 5.92 Å². The van der Waals surface area contributed by atoms with E-state index in [1.165, 1.54) is 0 Å². The predicted octanol–water partition coefficient (Wildman–Crippen LogP) is 3.87. The van der Waals surface area contributed by atoms with E-state index in [0.717, 1.165) is 5.56 Å². The van der Waals surface area contributed by atoms with Gasteiger partial charge in [0.25, 0.3) is 0 Å². The molecule has 138 valence electrons. The maximum absolute atomic E-state index is 12.4. The van der Waals surface area contributed by atoms with Crippen LogP contribution in [0.1, 0.15) is 45.1 Å². The Morgan fingerprint density at radius 3 is 2.40 bits per heavy atom. The predicted molar refractivity (Wildman–Crippen MR) is 97.2 cm³/mol. The van der Waals surface area contributed by atoms with Crippen LogP contribution in [-0.4, -0.2) is 35.2 Å². The van der Waals surface area contributed by atoms with Gasteiger partial charge in [0, 0.05) is 29.0 Å². The molecule has 2 N–H and O–H groups in total. The van der Waals surface area contributed by atoms with Gasteiger partial charge in [0.1, 0.15) is 6.04 Å². The van der Waals surface area contributed by atoms with Crippen LogP contribution in [0.2, 0.25) is 10.0 Å². The van der Waals surface area contributed by atoms with Crippen molar-refractivity contribution in [2.45, 2.75) is 51.2 Å². The van der Waals surface area contributed by atoms with E-state index in [0.29, 0.717) is 16.5 Å². The number of benzene rings is 1. The van der Waals surface area contributed by atoms with Crippen molar-refractivity contribution in [3.05, 3.63) is 33.8 Å². The average Bonchev–Trinajstić information content (AvgIpc) is 3.24. The lowest BCUT2D eigenvalue weighted by molar-refractivity contribution is -0.143. The molecule has 0 aromatic heterocycles. The SMILES string of the molecule is CC(C)(C)OCCC(NC(=O)C1CC1c1cc(Cl)cc(Cl)c1)C(=O)O. The molecule has 7 heteroatoms. The highest BCUT2D eigenvalue weighted by molar-refractivity contribution is 6.34. The smallest absolute Gasteiger partial charge is 0.326 e. The summed E-state index contributed by atoms with van der Waals surface area (Å²) in [6.45, 7) is 5.95. The summed E-state index contributed by atoms with van der Waals surface area (Å²) >= 11 is 12.0. The zero-order valence-corrected chi connectivity index (χ0v) is 16.0. The van der Waals surface area contributed by atoms with E-state index in [2.05, 4.69) is 5.32 Å². The normalized spacial score (nSPS) is 20.8. The maximum atomic E-state index is 12.4. The molecule has 1 aliphatic rings. The lowest BCUT2D eigenvalue weighted by Crippen LogP contribution is -2.42. The summed E-state index contributed by atoms with van der Waals surface area (Å²) in [5.74, 6) is -1.55. The van der Waals surface area contributed by atoms with Crippen molar-refractivity contribution in [1.82, 2.24) is 5.32 Å². The van der Waals surface area contributed by atoms with Gasteiger partial charge in [-0.15, -0.1) is 0 Å². The number of rotatable bonds is 7. The van der Waals surface area contributed by atoms with E-state index < -0.39 is 12.0 Å². The maximum Gasteiger partial charge on any atom is 0.326 e. The second-order valence-electron chi connectivity index (χ2n) is 7.30. The number of carbonyl (C=O) groups is 2. The summed E-state index contributed by atoms with van der Waals surface area (Å²) in [6.07, 6.45) is 0.881. The van der Waals surface area contributed by atoms with Crippen LogP contribution >= 0.6 is 23.2 Å².